The second-order valence-electron chi connectivity index (χ2n) is 4.82. The lowest BCUT2D eigenvalue weighted by Crippen LogP contribution is -2.12. The standard InChI is InChI=1S/C15H2F9/c16-3-1-2-4(17)9(18)5(3)6-7-8(12(21)10(6)19)13(22)15(24)14(23)11(7)20/h1,6H. The average Bonchev–Trinajstić information content (AvgIpc) is 2.80. The Bertz CT molecular complexity index is 914. The molecule has 0 fully saturated rings. The van der Waals surface area contributed by atoms with E-state index in [4.69, 9.17) is 0 Å². The molecule has 1 aliphatic rings. The Balaban J connectivity index is 2.43. The van der Waals surface area contributed by atoms with Crippen LogP contribution in [0.2, 0.25) is 0 Å². The largest absolute Gasteiger partial charge is 0.208 e. The van der Waals surface area contributed by atoms with Gasteiger partial charge >= 0.3 is 0 Å². The van der Waals surface area contributed by atoms with Gasteiger partial charge in [0.1, 0.15) is 11.6 Å². The highest BCUT2D eigenvalue weighted by molar-refractivity contribution is 5.75. The third-order valence-electron chi connectivity index (χ3n) is 3.58. The predicted molar refractivity (Wildman–Crippen MR) is 62.4 cm³/mol. The fraction of sp³-hybridized carbons (Fsp3) is 0.0667. The van der Waals surface area contributed by atoms with Crippen molar-refractivity contribution < 1.29 is 39.5 Å². The number of halogens is 9. The minimum atomic E-state index is -2.66. The van der Waals surface area contributed by atoms with E-state index in [1.807, 2.05) is 0 Å². The van der Waals surface area contributed by atoms with Crippen LogP contribution >= 0.6 is 0 Å². The molecule has 0 saturated heterocycles. The molecule has 0 spiro atoms. The van der Waals surface area contributed by atoms with Crippen LogP contribution in [0.15, 0.2) is 11.9 Å². The van der Waals surface area contributed by atoms with Crippen LogP contribution in [0.3, 0.4) is 0 Å². The normalized spacial score (nSPS) is 16.8. The van der Waals surface area contributed by atoms with E-state index in [1.165, 1.54) is 6.07 Å². The minimum absolute atomic E-state index is 0.213. The first-order valence-corrected chi connectivity index (χ1v) is 6.14. The van der Waals surface area contributed by atoms with Crippen molar-refractivity contribution in [3.8, 4) is 0 Å². The van der Waals surface area contributed by atoms with Gasteiger partial charge in [0.05, 0.1) is 11.5 Å². The molecular formula is C15H2F9. The predicted octanol–water partition coefficient (Wildman–Crippen LogP) is 5.21. The van der Waals surface area contributed by atoms with Gasteiger partial charge in [0.25, 0.3) is 0 Å². The molecule has 2 aromatic rings. The molecule has 1 unspecified atom stereocenters. The van der Waals surface area contributed by atoms with Gasteiger partial charge < -0.3 is 0 Å². The van der Waals surface area contributed by atoms with Crippen LogP contribution in [0.25, 0.3) is 5.83 Å². The highest BCUT2D eigenvalue weighted by Gasteiger charge is 2.44. The summed E-state index contributed by atoms with van der Waals surface area (Å²) >= 11 is 0. The van der Waals surface area contributed by atoms with E-state index in [9.17, 15) is 39.5 Å². The fourth-order valence-electron chi connectivity index (χ4n) is 2.53. The molecule has 9 heteroatoms. The lowest BCUT2D eigenvalue weighted by molar-refractivity contribution is 0.399. The summed E-state index contributed by atoms with van der Waals surface area (Å²) in [6, 6.07) is 1.69. The Labute approximate surface area is 127 Å². The molecular weight excluding hydrogens is 351 g/mol. The molecule has 0 N–H and O–H groups in total. The topological polar surface area (TPSA) is 0 Å². The van der Waals surface area contributed by atoms with Gasteiger partial charge in [-0.1, -0.05) is 0 Å². The van der Waals surface area contributed by atoms with Crippen LogP contribution in [0.4, 0.5) is 39.5 Å². The van der Waals surface area contributed by atoms with Crippen molar-refractivity contribution in [3.63, 3.8) is 0 Å². The highest BCUT2D eigenvalue weighted by Crippen LogP contribution is 2.50. The van der Waals surface area contributed by atoms with E-state index in [0.717, 1.165) is 0 Å². The van der Waals surface area contributed by atoms with Crippen LogP contribution in [0, 0.1) is 46.8 Å². The monoisotopic (exact) mass is 353 g/mol. The Kier molecular flexibility index (Phi) is 3.61. The SMILES string of the molecule is FC1=C(F)C(c2c(F)c[c]c(F)c2F)c2c(F)c(F)c(F)c(F)c21. The lowest BCUT2D eigenvalue weighted by Gasteiger charge is -2.16. The minimum Gasteiger partial charge on any atom is -0.208 e. The van der Waals surface area contributed by atoms with Crippen LogP contribution in [0.1, 0.15) is 22.6 Å². The van der Waals surface area contributed by atoms with Crippen LogP contribution < -0.4 is 0 Å². The maximum absolute atomic E-state index is 14.0. The molecule has 24 heavy (non-hydrogen) atoms. The molecule has 0 aromatic heterocycles. The van der Waals surface area contributed by atoms with Gasteiger partial charge in [0, 0.05) is 17.2 Å². The van der Waals surface area contributed by atoms with E-state index >= 15 is 0 Å². The number of allylic oxidation sites excluding steroid dienone is 1. The molecule has 0 heterocycles. The summed E-state index contributed by atoms with van der Waals surface area (Å²) in [5.74, 6) is -21.9. The van der Waals surface area contributed by atoms with Crippen molar-refractivity contribution in [1.82, 2.24) is 0 Å². The second kappa shape index (κ2) is 5.29. The zero-order chi connectivity index (χ0) is 17.9. The van der Waals surface area contributed by atoms with Crippen LogP contribution in [-0.2, 0) is 0 Å². The molecule has 2 aromatic carbocycles. The maximum atomic E-state index is 14.0. The Morgan fingerprint density at radius 3 is 1.88 bits per heavy atom. The summed E-state index contributed by atoms with van der Waals surface area (Å²) in [4.78, 5) is 0. The molecule has 1 radical (unpaired) electrons. The maximum Gasteiger partial charge on any atom is 0.198 e. The van der Waals surface area contributed by atoms with Crippen molar-refractivity contribution in [2.45, 2.75) is 5.92 Å². The summed E-state index contributed by atoms with van der Waals surface area (Å²) in [5, 5.41) is 0. The summed E-state index contributed by atoms with van der Waals surface area (Å²) in [5.41, 5.74) is -4.69. The summed E-state index contributed by atoms with van der Waals surface area (Å²) in [7, 11) is 0. The van der Waals surface area contributed by atoms with Gasteiger partial charge in [-0.15, -0.1) is 0 Å². The van der Waals surface area contributed by atoms with Gasteiger partial charge in [-0.3, -0.25) is 0 Å². The van der Waals surface area contributed by atoms with Gasteiger partial charge in [-0.05, 0) is 6.07 Å². The first-order chi connectivity index (χ1) is 11.2. The molecule has 3 rings (SSSR count). The molecule has 0 saturated carbocycles. The van der Waals surface area contributed by atoms with E-state index < -0.39 is 75.0 Å². The first kappa shape index (κ1) is 16.4. The van der Waals surface area contributed by atoms with Crippen molar-refractivity contribution >= 4 is 5.83 Å². The summed E-state index contributed by atoms with van der Waals surface area (Å²) in [6.07, 6.45) is 0. The smallest absolute Gasteiger partial charge is 0.198 e. The summed E-state index contributed by atoms with van der Waals surface area (Å²) < 4.78 is 123. The van der Waals surface area contributed by atoms with Gasteiger partial charge in [-0.25, -0.2) is 39.5 Å². The molecule has 0 amide bonds. The zero-order valence-corrected chi connectivity index (χ0v) is 11.1. The number of hydrogen-bond donors (Lipinski definition) is 0. The molecule has 1 atom stereocenters. The van der Waals surface area contributed by atoms with E-state index in [-0.39, 0.29) is 6.07 Å². The number of hydrogen-bond acceptors (Lipinski definition) is 0. The molecule has 1 aliphatic carbocycles. The van der Waals surface area contributed by atoms with Crippen LogP contribution in [-0.4, -0.2) is 0 Å². The third kappa shape index (κ3) is 1.96. The average molecular weight is 353 g/mol. The Morgan fingerprint density at radius 2 is 1.25 bits per heavy atom. The van der Waals surface area contributed by atoms with Crippen molar-refractivity contribution in [3.05, 3.63) is 75.4 Å². The number of rotatable bonds is 1. The van der Waals surface area contributed by atoms with Gasteiger partial charge in [-0.2, -0.15) is 0 Å². The zero-order valence-electron chi connectivity index (χ0n) is 11.1. The summed E-state index contributed by atoms with van der Waals surface area (Å²) in [6.45, 7) is 0. The molecule has 0 bridgehead atoms. The second-order valence-corrected chi connectivity index (χ2v) is 4.82. The number of fused-ring (bicyclic) bond motifs is 1. The van der Waals surface area contributed by atoms with E-state index in [0.29, 0.717) is 0 Å². The fourth-order valence-corrected chi connectivity index (χ4v) is 2.53. The Hall–Kier alpha value is -2.45. The molecule has 0 nitrogen and oxygen atoms in total. The quantitative estimate of drug-likeness (QED) is 0.375. The third-order valence-corrected chi connectivity index (χ3v) is 3.58. The van der Waals surface area contributed by atoms with Gasteiger partial charge in [0.2, 0.25) is 0 Å². The van der Waals surface area contributed by atoms with E-state index in [2.05, 4.69) is 0 Å². The van der Waals surface area contributed by atoms with Crippen molar-refractivity contribution in [2.24, 2.45) is 0 Å². The highest BCUT2D eigenvalue weighted by atomic mass is 19.2. The lowest BCUT2D eigenvalue weighted by atomic mass is 9.90. The van der Waals surface area contributed by atoms with E-state index in [1.54, 1.807) is 0 Å². The molecule has 0 aliphatic heterocycles. The first-order valence-electron chi connectivity index (χ1n) is 6.14. The number of benzene rings is 2. The van der Waals surface area contributed by atoms with Crippen molar-refractivity contribution in [2.75, 3.05) is 0 Å². The van der Waals surface area contributed by atoms with Crippen LogP contribution in [0.5, 0.6) is 0 Å². The van der Waals surface area contributed by atoms with Gasteiger partial charge in [0.15, 0.2) is 40.7 Å². The Morgan fingerprint density at radius 1 is 0.667 bits per heavy atom. The van der Waals surface area contributed by atoms with Crippen molar-refractivity contribution in [1.29, 1.82) is 0 Å². The molecule has 125 valence electrons.